The Bertz CT molecular complexity index is 1130. The first-order valence-corrected chi connectivity index (χ1v) is 11.8. The van der Waals surface area contributed by atoms with E-state index in [2.05, 4.69) is 9.97 Å². The van der Waals surface area contributed by atoms with E-state index in [-0.39, 0.29) is 11.9 Å². The number of nitrogens with zero attached hydrogens (tertiary/aromatic N) is 2. The summed E-state index contributed by atoms with van der Waals surface area (Å²) in [4.78, 5) is 35.2. The Kier molecular flexibility index (Phi) is 6.55. The van der Waals surface area contributed by atoms with Crippen LogP contribution in [0.2, 0.25) is 10.0 Å². The largest absolute Gasteiger partial charge is 0.462 e. The summed E-state index contributed by atoms with van der Waals surface area (Å²) in [6.07, 6.45) is 2.56. The van der Waals surface area contributed by atoms with E-state index >= 15 is 0 Å². The highest BCUT2D eigenvalue weighted by molar-refractivity contribution is 7.13. The van der Waals surface area contributed by atoms with Crippen LogP contribution >= 0.6 is 34.5 Å². The maximum Gasteiger partial charge on any atom is 0.350 e. The van der Waals surface area contributed by atoms with Crippen LogP contribution in [0.3, 0.4) is 0 Å². The van der Waals surface area contributed by atoms with Crippen molar-refractivity contribution in [2.45, 2.75) is 33.1 Å². The highest BCUT2D eigenvalue weighted by atomic mass is 35.5. The molecule has 1 aliphatic rings. The van der Waals surface area contributed by atoms with Crippen molar-refractivity contribution < 1.29 is 14.3 Å². The van der Waals surface area contributed by atoms with E-state index < -0.39 is 0 Å². The molecular formula is C22H23Cl2N3O3S. The van der Waals surface area contributed by atoms with E-state index in [4.69, 9.17) is 27.9 Å². The molecule has 0 saturated carbocycles. The number of halogens is 2. The number of amides is 1. The van der Waals surface area contributed by atoms with Crippen LogP contribution < -0.4 is 0 Å². The maximum absolute atomic E-state index is 13.0. The first kappa shape index (κ1) is 22.1. The molecule has 0 bridgehead atoms. The molecule has 4 rings (SSSR count). The van der Waals surface area contributed by atoms with E-state index in [9.17, 15) is 9.59 Å². The molecule has 31 heavy (non-hydrogen) atoms. The van der Waals surface area contributed by atoms with Gasteiger partial charge in [0.25, 0.3) is 5.91 Å². The minimum Gasteiger partial charge on any atom is -0.462 e. The van der Waals surface area contributed by atoms with Crippen molar-refractivity contribution in [3.8, 4) is 0 Å². The molecule has 1 aliphatic heterocycles. The average Bonchev–Trinajstić information content (AvgIpc) is 3.28. The quantitative estimate of drug-likeness (QED) is 0.489. The molecule has 1 saturated heterocycles. The predicted molar refractivity (Wildman–Crippen MR) is 123 cm³/mol. The first-order valence-electron chi connectivity index (χ1n) is 10.3. The number of benzene rings is 1. The van der Waals surface area contributed by atoms with Crippen LogP contribution in [0.4, 0.5) is 0 Å². The molecule has 1 aromatic carbocycles. The van der Waals surface area contributed by atoms with Crippen molar-refractivity contribution in [3.63, 3.8) is 0 Å². The number of aromatic nitrogens is 2. The molecule has 0 aliphatic carbocycles. The molecule has 1 fully saturated rings. The summed E-state index contributed by atoms with van der Waals surface area (Å²) < 4.78 is 5.10. The summed E-state index contributed by atoms with van der Waals surface area (Å²) >= 11 is 13.9. The van der Waals surface area contributed by atoms with Crippen LogP contribution in [0, 0.1) is 12.8 Å². The normalized spacial score (nSPS) is 14.9. The van der Waals surface area contributed by atoms with Gasteiger partial charge >= 0.3 is 5.97 Å². The Morgan fingerprint density at radius 2 is 2.03 bits per heavy atom. The molecule has 0 atom stereocenters. The highest BCUT2D eigenvalue weighted by Gasteiger charge is 2.28. The molecule has 3 aromatic rings. The van der Waals surface area contributed by atoms with Crippen LogP contribution in [0.5, 0.6) is 0 Å². The number of ether oxygens (including phenoxy) is 1. The molecule has 1 amide bonds. The fourth-order valence-electron chi connectivity index (χ4n) is 3.95. The Labute approximate surface area is 194 Å². The fourth-order valence-corrected chi connectivity index (χ4v) is 5.48. The monoisotopic (exact) mass is 479 g/mol. The second-order valence-corrected chi connectivity index (χ2v) is 9.58. The van der Waals surface area contributed by atoms with Crippen LogP contribution in [-0.2, 0) is 11.2 Å². The Morgan fingerprint density at radius 3 is 2.74 bits per heavy atom. The zero-order valence-corrected chi connectivity index (χ0v) is 19.7. The third-order valence-electron chi connectivity index (χ3n) is 5.58. The summed E-state index contributed by atoms with van der Waals surface area (Å²) in [5.74, 6) is 0.0211. The lowest BCUT2D eigenvalue weighted by Gasteiger charge is -2.31. The molecule has 2 aromatic heterocycles. The van der Waals surface area contributed by atoms with Gasteiger partial charge in [0.15, 0.2) is 0 Å². The lowest BCUT2D eigenvalue weighted by molar-refractivity contribution is 0.0530. The smallest absolute Gasteiger partial charge is 0.350 e. The predicted octanol–water partition coefficient (Wildman–Crippen LogP) is 5.51. The molecular weight excluding hydrogens is 457 g/mol. The van der Waals surface area contributed by atoms with Gasteiger partial charge in [0, 0.05) is 35.4 Å². The molecule has 0 unspecified atom stereocenters. The van der Waals surface area contributed by atoms with Gasteiger partial charge in [-0.1, -0.05) is 23.2 Å². The van der Waals surface area contributed by atoms with Gasteiger partial charge in [-0.2, -0.15) is 0 Å². The van der Waals surface area contributed by atoms with Crippen LogP contribution in [0.25, 0.3) is 10.9 Å². The molecule has 1 N–H and O–H groups in total. The van der Waals surface area contributed by atoms with Crippen molar-refractivity contribution >= 4 is 57.3 Å². The van der Waals surface area contributed by atoms with Gasteiger partial charge in [0.2, 0.25) is 0 Å². The second-order valence-electron chi connectivity index (χ2n) is 7.69. The zero-order chi connectivity index (χ0) is 22.1. The maximum atomic E-state index is 13.0. The van der Waals surface area contributed by atoms with Crippen molar-refractivity contribution in [3.05, 3.63) is 49.5 Å². The summed E-state index contributed by atoms with van der Waals surface area (Å²) in [6, 6.07) is 5.36. The number of piperidine rings is 1. The number of aryl methyl sites for hydroxylation is 1. The number of hydrogen-bond donors (Lipinski definition) is 1. The van der Waals surface area contributed by atoms with Gasteiger partial charge in [0.1, 0.15) is 10.6 Å². The van der Waals surface area contributed by atoms with Gasteiger partial charge < -0.3 is 14.6 Å². The van der Waals surface area contributed by atoms with Crippen molar-refractivity contribution in [1.82, 2.24) is 14.9 Å². The van der Waals surface area contributed by atoms with Gasteiger partial charge in [-0.15, -0.1) is 11.3 Å². The third-order valence-corrected chi connectivity index (χ3v) is 7.37. The number of H-pyrrole nitrogens is 1. The van der Waals surface area contributed by atoms with E-state index in [1.165, 1.54) is 11.3 Å². The number of hydrogen-bond acceptors (Lipinski definition) is 5. The van der Waals surface area contributed by atoms with Crippen LogP contribution in [-0.4, -0.2) is 46.4 Å². The van der Waals surface area contributed by atoms with E-state index in [1.54, 1.807) is 19.1 Å². The highest BCUT2D eigenvalue weighted by Crippen LogP contribution is 2.32. The first-order chi connectivity index (χ1) is 14.9. The fraction of sp³-hybridized carbons (Fsp3) is 0.409. The number of rotatable bonds is 5. The molecule has 3 heterocycles. The van der Waals surface area contributed by atoms with E-state index in [0.29, 0.717) is 46.2 Å². The standard InChI is InChI=1S/C22H23Cl2N3O3S/c1-3-30-22(29)20-12(2)25-17(31-20)10-13-6-8-27(9-7-13)21(28)19-18(24)15-11-14(23)4-5-16(15)26-19/h4-5,11,13,26H,3,6-10H2,1-2H3. The minimum atomic E-state index is -0.305. The Morgan fingerprint density at radius 1 is 1.29 bits per heavy atom. The second kappa shape index (κ2) is 9.18. The van der Waals surface area contributed by atoms with Crippen LogP contribution in [0.15, 0.2) is 18.2 Å². The van der Waals surface area contributed by atoms with Crippen molar-refractivity contribution in [2.24, 2.45) is 5.92 Å². The van der Waals surface area contributed by atoms with Crippen molar-refractivity contribution in [1.29, 1.82) is 0 Å². The molecule has 6 nitrogen and oxygen atoms in total. The summed E-state index contributed by atoms with van der Waals surface area (Å²) in [6.45, 7) is 5.30. The molecule has 164 valence electrons. The Balaban J connectivity index is 1.39. The van der Waals surface area contributed by atoms with E-state index in [0.717, 1.165) is 40.9 Å². The number of carbonyl (C=O) groups excluding carboxylic acids is 2. The summed E-state index contributed by atoms with van der Waals surface area (Å²) in [5.41, 5.74) is 1.93. The lowest BCUT2D eigenvalue weighted by Crippen LogP contribution is -2.39. The van der Waals surface area contributed by atoms with Gasteiger partial charge in [-0.05, 0) is 50.8 Å². The number of likely N-dealkylation sites (tertiary alicyclic amines) is 1. The number of thiazole rings is 1. The number of esters is 1. The zero-order valence-electron chi connectivity index (χ0n) is 17.3. The lowest BCUT2D eigenvalue weighted by atomic mass is 9.93. The topological polar surface area (TPSA) is 75.3 Å². The third kappa shape index (κ3) is 4.59. The Hall–Kier alpha value is -2.09. The van der Waals surface area contributed by atoms with Gasteiger partial charge in [-0.25, -0.2) is 9.78 Å². The molecule has 9 heteroatoms. The van der Waals surface area contributed by atoms with Gasteiger partial charge in [0.05, 0.1) is 22.3 Å². The van der Waals surface area contributed by atoms with Gasteiger partial charge in [-0.3, -0.25) is 4.79 Å². The number of aromatic amines is 1. The summed E-state index contributed by atoms with van der Waals surface area (Å²) in [5, 5.41) is 2.69. The number of fused-ring (bicyclic) bond motifs is 1. The molecule has 0 spiro atoms. The van der Waals surface area contributed by atoms with E-state index in [1.807, 2.05) is 17.9 Å². The number of carbonyl (C=O) groups is 2. The summed E-state index contributed by atoms with van der Waals surface area (Å²) in [7, 11) is 0. The van der Waals surface area contributed by atoms with Crippen molar-refractivity contribution in [2.75, 3.05) is 19.7 Å². The SMILES string of the molecule is CCOC(=O)c1sc(CC2CCN(C(=O)c3[nH]c4ccc(Cl)cc4c3Cl)CC2)nc1C. The average molecular weight is 480 g/mol. The van der Waals surface area contributed by atoms with Crippen LogP contribution in [0.1, 0.15) is 50.6 Å². The molecule has 0 radical (unpaired) electrons. The number of nitrogens with one attached hydrogen (secondary N) is 1. The minimum absolute atomic E-state index is 0.0922.